The van der Waals surface area contributed by atoms with Gasteiger partial charge in [-0.1, -0.05) is 0 Å². The molecule has 2 saturated heterocycles. The van der Waals surface area contributed by atoms with E-state index >= 15 is 0 Å². The third kappa shape index (κ3) is 1.63. The maximum Gasteiger partial charge on any atom is 0.246 e. The molecular weight excluding hydrogens is 186 g/mol. The zero-order valence-electron chi connectivity index (χ0n) is 8.25. The molecule has 0 aromatic heterocycles. The first kappa shape index (κ1) is 9.89. The molecule has 0 bridgehead atoms. The van der Waals surface area contributed by atoms with Gasteiger partial charge in [0, 0.05) is 26.7 Å². The van der Waals surface area contributed by atoms with Crippen molar-refractivity contribution < 1.29 is 19.0 Å². The van der Waals surface area contributed by atoms with E-state index in [9.17, 15) is 4.79 Å². The van der Waals surface area contributed by atoms with Crippen LogP contribution in [0.25, 0.3) is 0 Å². The Morgan fingerprint density at radius 1 is 1.64 bits per heavy atom. The number of ether oxygens (including phenoxy) is 3. The lowest BCUT2D eigenvalue weighted by atomic mass is 9.90. The smallest absolute Gasteiger partial charge is 0.246 e. The topological polar surface area (TPSA) is 56.8 Å². The van der Waals surface area contributed by atoms with E-state index in [0.29, 0.717) is 19.8 Å². The molecule has 5 heteroatoms. The van der Waals surface area contributed by atoms with Gasteiger partial charge in [-0.15, -0.1) is 0 Å². The third-order valence-electron chi connectivity index (χ3n) is 2.89. The number of morpholine rings is 1. The molecule has 2 aliphatic rings. The molecule has 1 N–H and O–H groups in total. The van der Waals surface area contributed by atoms with Crippen LogP contribution in [0.15, 0.2) is 0 Å². The summed E-state index contributed by atoms with van der Waals surface area (Å²) >= 11 is 0. The van der Waals surface area contributed by atoms with Crippen molar-refractivity contribution >= 4 is 5.91 Å². The first-order valence-electron chi connectivity index (χ1n) is 4.78. The molecule has 2 rings (SSSR count). The Hall–Kier alpha value is -0.650. The Labute approximate surface area is 82.7 Å². The second-order valence-corrected chi connectivity index (χ2v) is 3.68. The normalized spacial score (nSPS) is 38.4. The van der Waals surface area contributed by atoms with Gasteiger partial charge in [0.1, 0.15) is 18.3 Å². The van der Waals surface area contributed by atoms with Crippen LogP contribution in [0, 0.1) is 0 Å². The zero-order chi connectivity index (χ0) is 10.0. The van der Waals surface area contributed by atoms with Crippen molar-refractivity contribution in [1.82, 2.24) is 5.32 Å². The number of methoxy groups -OCH3 is 1. The Balaban J connectivity index is 2.07. The first-order chi connectivity index (χ1) is 6.77. The second kappa shape index (κ2) is 3.84. The van der Waals surface area contributed by atoms with Crippen LogP contribution in [0.2, 0.25) is 0 Å². The Morgan fingerprint density at radius 3 is 3.14 bits per heavy atom. The molecule has 0 radical (unpaired) electrons. The van der Waals surface area contributed by atoms with Gasteiger partial charge in [-0.25, -0.2) is 0 Å². The van der Waals surface area contributed by atoms with Gasteiger partial charge in [0.25, 0.3) is 0 Å². The lowest BCUT2D eigenvalue weighted by molar-refractivity contribution is -0.203. The second-order valence-electron chi connectivity index (χ2n) is 3.68. The SMILES string of the molecule is COC1COCCC12CNC(=O)CO2. The molecule has 1 amide bonds. The number of hydrogen-bond donors (Lipinski definition) is 1. The van der Waals surface area contributed by atoms with Crippen molar-refractivity contribution in [2.45, 2.75) is 18.1 Å². The first-order valence-corrected chi connectivity index (χ1v) is 4.78. The highest BCUT2D eigenvalue weighted by Gasteiger charge is 2.45. The lowest BCUT2D eigenvalue weighted by Gasteiger charge is -2.44. The molecule has 0 saturated carbocycles. The van der Waals surface area contributed by atoms with Crippen molar-refractivity contribution in [3.05, 3.63) is 0 Å². The van der Waals surface area contributed by atoms with Gasteiger partial charge in [-0.3, -0.25) is 4.79 Å². The van der Waals surface area contributed by atoms with Crippen LogP contribution in [0.5, 0.6) is 0 Å². The van der Waals surface area contributed by atoms with Gasteiger partial charge in [0.05, 0.1) is 6.61 Å². The fraction of sp³-hybridized carbons (Fsp3) is 0.889. The minimum absolute atomic E-state index is 0.0584. The summed E-state index contributed by atoms with van der Waals surface area (Å²) in [5.41, 5.74) is -0.374. The standard InChI is InChI=1S/C9H15NO4/c1-12-7-4-13-3-2-9(7)6-10-8(11)5-14-9/h7H,2-6H2,1H3,(H,10,11). The maximum absolute atomic E-state index is 11.0. The van der Waals surface area contributed by atoms with Crippen LogP contribution >= 0.6 is 0 Å². The molecule has 0 aliphatic carbocycles. The summed E-state index contributed by atoms with van der Waals surface area (Å²) in [4.78, 5) is 11.0. The quantitative estimate of drug-likeness (QED) is 0.610. The van der Waals surface area contributed by atoms with Crippen LogP contribution in [-0.2, 0) is 19.0 Å². The number of carbonyl (C=O) groups excluding carboxylic acids is 1. The monoisotopic (exact) mass is 201 g/mol. The van der Waals surface area contributed by atoms with Crippen molar-refractivity contribution in [3.63, 3.8) is 0 Å². The average molecular weight is 201 g/mol. The summed E-state index contributed by atoms with van der Waals surface area (Å²) in [6, 6.07) is 0. The van der Waals surface area contributed by atoms with E-state index < -0.39 is 0 Å². The maximum atomic E-state index is 11.0. The van der Waals surface area contributed by atoms with Crippen molar-refractivity contribution in [3.8, 4) is 0 Å². The van der Waals surface area contributed by atoms with Crippen molar-refractivity contribution in [1.29, 1.82) is 0 Å². The van der Waals surface area contributed by atoms with Crippen molar-refractivity contribution in [2.75, 3.05) is 33.5 Å². The molecular formula is C9H15NO4. The van der Waals surface area contributed by atoms with Crippen molar-refractivity contribution in [2.24, 2.45) is 0 Å². The van der Waals surface area contributed by atoms with Gasteiger partial charge < -0.3 is 19.5 Å². The van der Waals surface area contributed by atoms with Crippen LogP contribution in [0.4, 0.5) is 0 Å². The molecule has 80 valence electrons. The Morgan fingerprint density at radius 2 is 2.50 bits per heavy atom. The van der Waals surface area contributed by atoms with Crippen LogP contribution < -0.4 is 5.32 Å². The molecule has 5 nitrogen and oxygen atoms in total. The molecule has 14 heavy (non-hydrogen) atoms. The van der Waals surface area contributed by atoms with E-state index in [1.807, 2.05) is 0 Å². The number of hydrogen-bond acceptors (Lipinski definition) is 4. The minimum Gasteiger partial charge on any atom is -0.379 e. The predicted octanol–water partition coefficient (Wildman–Crippen LogP) is -0.693. The average Bonchev–Trinajstić information content (AvgIpc) is 2.23. The zero-order valence-corrected chi connectivity index (χ0v) is 8.25. The van der Waals surface area contributed by atoms with Crippen LogP contribution in [0.3, 0.4) is 0 Å². The van der Waals surface area contributed by atoms with Crippen LogP contribution in [-0.4, -0.2) is 51.1 Å². The van der Waals surface area contributed by atoms with E-state index in [2.05, 4.69) is 5.32 Å². The van der Waals surface area contributed by atoms with Gasteiger partial charge in [-0.2, -0.15) is 0 Å². The lowest BCUT2D eigenvalue weighted by Crippen LogP contribution is -2.62. The number of nitrogens with one attached hydrogen (secondary N) is 1. The molecule has 2 aliphatic heterocycles. The van der Waals surface area contributed by atoms with Gasteiger partial charge in [0.2, 0.25) is 5.91 Å². The highest BCUT2D eigenvalue weighted by molar-refractivity contribution is 5.78. The van der Waals surface area contributed by atoms with E-state index in [-0.39, 0.29) is 24.2 Å². The van der Waals surface area contributed by atoms with Gasteiger partial charge >= 0.3 is 0 Å². The molecule has 0 aromatic rings. The van der Waals surface area contributed by atoms with E-state index in [1.165, 1.54) is 0 Å². The summed E-state index contributed by atoms with van der Waals surface area (Å²) < 4.78 is 16.2. The highest BCUT2D eigenvalue weighted by Crippen LogP contribution is 2.28. The van der Waals surface area contributed by atoms with Gasteiger partial charge in [0.15, 0.2) is 0 Å². The number of carbonyl (C=O) groups is 1. The number of rotatable bonds is 1. The molecule has 2 atom stereocenters. The third-order valence-corrected chi connectivity index (χ3v) is 2.89. The predicted molar refractivity (Wildman–Crippen MR) is 47.9 cm³/mol. The summed E-state index contributed by atoms with van der Waals surface area (Å²) in [5.74, 6) is -0.0584. The highest BCUT2D eigenvalue weighted by atomic mass is 16.6. The Bertz CT molecular complexity index is 221. The molecule has 1 spiro atoms. The minimum atomic E-state index is -0.374. The molecule has 2 fully saturated rings. The molecule has 2 heterocycles. The van der Waals surface area contributed by atoms with E-state index in [1.54, 1.807) is 7.11 Å². The van der Waals surface area contributed by atoms with Gasteiger partial charge in [-0.05, 0) is 0 Å². The Kier molecular flexibility index (Phi) is 2.71. The fourth-order valence-corrected chi connectivity index (χ4v) is 1.96. The molecule has 2 unspecified atom stereocenters. The summed E-state index contributed by atoms with van der Waals surface area (Å²) in [6.07, 6.45) is 0.683. The summed E-state index contributed by atoms with van der Waals surface area (Å²) in [5, 5.41) is 2.81. The van der Waals surface area contributed by atoms with E-state index in [4.69, 9.17) is 14.2 Å². The summed E-state index contributed by atoms with van der Waals surface area (Å²) in [7, 11) is 1.64. The summed E-state index contributed by atoms with van der Waals surface area (Å²) in [6.45, 7) is 1.84. The number of amides is 1. The fourth-order valence-electron chi connectivity index (χ4n) is 1.96. The van der Waals surface area contributed by atoms with Crippen LogP contribution in [0.1, 0.15) is 6.42 Å². The largest absolute Gasteiger partial charge is 0.379 e. The van der Waals surface area contributed by atoms with E-state index in [0.717, 1.165) is 6.42 Å². The molecule has 0 aromatic carbocycles.